The molecule has 2 aromatic heterocycles. The highest BCUT2D eigenvalue weighted by molar-refractivity contribution is 7.99. The molecule has 0 saturated carbocycles. The van der Waals surface area contributed by atoms with E-state index >= 15 is 0 Å². The number of anilines is 1. The van der Waals surface area contributed by atoms with Crippen LogP contribution in [0.4, 0.5) is 9.52 Å². The quantitative estimate of drug-likeness (QED) is 0.448. The molecule has 2 heterocycles. The number of hydrogen-bond acceptors (Lipinski definition) is 8. The van der Waals surface area contributed by atoms with E-state index in [2.05, 4.69) is 25.8 Å². The van der Waals surface area contributed by atoms with E-state index in [1.165, 1.54) is 22.1 Å². The van der Waals surface area contributed by atoms with E-state index in [0.717, 1.165) is 27.7 Å². The molecule has 0 atom stereocenters. The van der Waals surface area contributed by atoms with Crippen LogP contribution in [0.1, 0.15) is 6.92 Å². The zero-order valence-electron chi connectivity index (χ0n) is 15.2. The predicted molar refractivity (Wildman–Crippen MR) is 109 cm³/mol. The van der Waals surface area contributed by atoms with Crippen molar-refractivity contribution in [3.63, 3.8) is 0 Å². The third kappa shape index (κ3) is 4.35. The molecule has 0 bridgehead atoms. The van der Waals surface area contributed by atoms with Crippen LogP contribution < -0.4 is 10.1 Å². The minimum atomic E-state index is -0.452. The highest BCUT2D eigenvalue weighted by Crippen LogP contribution is 2.29. The van der Waals surface area contributed by atoms with Crippen molar-refractivity contribution >= 4 is 44.4 Å². The van der Waals surface area contributed by atoms with Gasteiger partial charge in [-0.2, -0.15) is 4.68 Å². The first-order valence-corrected chi connectivity index (χ1v) is 10.4. The van der Waals surface area contributed by atoms with Crippen LogP contribution in [0.2, 0.25) is 0 Å². The van der Waals surface area contributed by atoms with Crippen molar-refractivity contribution in [2.45, 2.75) is 12.1 Å². The fraction of sp³-hybridized carbons (Fsp3) is 0.167. The van der Waals surface area contributed by atoms with E-state index < -0.39 is 5.82 Å². The number of aromatic nitrogens is 5. The fourth-order valence-corrected chi connectivity index (χ4v) is 4.14. The van der Waals surface area contributed by atoms with Gasteiger partial charge in [-0.25, -0.2) is 9.37 Å². The van der Waals surface area contributed by atoms with Crippen LogP contribution in [0.25, 0.3) is 15.9 Å². The topological polar surface area (TPSA) is 94.8 Å². The average Bonchev–Trinajstić information content (AvgIpc) is 3.33. The van der Waals surface area contributed by atoms with Gasteiger partial charge < -0.3 is 10.1 Å². The molecule has 4 rings (SSSR count). The molecule has 0 spiro atoms. The van der Waals surface area contributed by atoms with E-state index in [0.29, 0.717) is 16.9 Å². The predicted octanol–water partition coefficient (Wildman–Crippen LogP) is 3.54. The van der Waals surface area contributed by atoms with Crippen molar-refractivity contribution < 1.29 is 13.9 Å². The number of thioether (sulfide) groups is 1. The molecule has 4 aromatic rings. The summed E-state index contributed by atoms with van der Waals surface area (Å²) in [6.45, 7) is 2.50. The third-order valence-electron chi connectivity index (χ3n) is 3.77. The number of hydrogen-bond donors (Lipinski definition) is 1. The van der Waals surface area contributed by atoms with Gasteiger partial charge in [0.1, 0.15) is 17.3 Å². The minimum Gasteiger partial charge on any atom is -0.494 e. The summed E-state index contributed by atoms with van der Waals surface area (Å²) in [6.07, 6.45) is 0. The Morgan fingerprint density at radius 1 is 1.31 bits per heavy atom. The number of benzene rings is 2. The van der Waals surface area contributed by atoms with E-state index in [9.17, 15) is 9.18 Å². The van der Waals surface area contributed by atoms with Crippen molar-refractivity contribution in [1.82, 2.24) is 25.2 Å². The van der Waals surface area contributed by atoms with Gasteiger partial charge in [0.15, 0.2) is 5.13 Å². The number of nitrogens with one attached hydrogen (secondary N) is 1. The Morgan fingerprint density at radius 3 is 3.00 bits per heavy atom. The van der Waals surface area contributed by atoms with Crippen LogP contribution in [0.3, 0.4) is 0 Å². The molecular formula is C18H15FN6O2S2. The van der Waals surface area contributed by atoms with Crippen LogP contribution in [-0.2, 0) is 4.79 Å². The molecule has 2 aromatic carbocycles. The summed E-state index contributed by atoms with van der Waals surface area (Å²) in [5, 5.41) is 14.8. The molecule has 0 aliphatic heterocycles. The van der Waals surface area contributed by atoms with Gasteiger partial charge in [-0.05, 0) is 47.7 Å². The molecule has 29 heavy (non-hydrogen) atoms. The van der Waals surface area contributed by atoms with Crippen LogP contribution >= 0.6 is 23.1 Å². The Hall–Kier alpha value is -3.05. The smallest absolute Gasteiger partial charge is 0.236 e. The first kappa shape index (κ1) is 19.3. The molecular weight excluding hydrogens is 415 g/mol. The van der Waals surface area contributed by atoms with Gasteiger partial charge in [0.05, 0.1) is 22.6 Å². The van der Waals surface area contributed by atoms with Crippen molar-refractivity contribution in [2.24, 2.45) is 0 Å². The maximum Gasteiger partial charge on any atom is 0.236 e. The molecule has 0 fully saturated rings. The number of thiazole rings is 1. The second kappa shape index (κ2) is 8.53. The highest BCUT2D eigenvalue weighted by Gasteiger charge is 2.15. The summed E-state index contributed by atoms with van der Waals surface area (Å²) < 4.78 is 21.6. The Bertz CT molecular complexity index is 1160. The molecule has 1 N–H and O–H groups in total. The second-order valence-corrected chi connectivity index (χ2v) is 7.72. The third-order valence-corrected chi connectivity index (χ3v) is 5.62. The van der Waals surface area contributed by atoms with Crippen molar-refractivity contribution in [2.75, 3.05) is 17.7 Å². The number of carbonyl (C=O) groups excluding carboxylic acids is 1. The maximum absolute atomic E-state index is 14.0. The SMILES string of the molecule is CCOc1ccc2nc(NC(=O)CSc3nnnn3-c3ccccc3F)sc2c1. The molecule has 0 unspecified atom stereocenters. The average molecular weight is 430 g/mol. The highest BCUT2D eigenvalue weighted by atomic mass is 32.2. The lowest BCUT2D eigenvalue weighted by Crippen LogP contribution is -2.14. The fourth-order valence-electron chi connectivity index (χ4n) is 2.54. The lowest BCUT2D eigenvalue weighted by Gasteiger charge is -2.05. The van der Waals surface area contributed by atoms with Gasteiger partial charge in [0, 0.05) is 0 Å². The van der Waals surface area contributed by atoms with Gasteiger partial charge in [-0.1, -0.05) is 35.2 Å². The van der Waals surface area contributed by atoms with Crippen molar-refractivity contribution in [3.8, 4) is 11.4 Å². The number of amides is 1. The summed E-state index contributed by atoms with van der Waals surface area (Å²) in [5.41, 5.74) is 1.00. The van der Waals surface area contributed by atoms with Gasteiger partial charge in [0.25, 0.3) is 0 Å². The molecule has 0 aliphatic carbocycles. The summed E-state index contributed by atoms with van der Waals surface area (Å²) >= 11 is 2.47. The van der Waals surface area contributed by atoms with Gasteiger partial charge in [-0.15, -0.1) is 5.10 Å². The number of ether oxygens (including phenoxy) is 1. The Labute approximate surface area is 173 Å². The van der Waals surface area contributed by atoms with Gasteiger partial charge in [-0.3, -0.25) is 4.79 Å². The largest absolute Gasteiger partial charge is 0.494 e. The summed E-state index contributed by atoms with van der Waals surface area (Å²) in [4.78, 5) is 16.7. The van der Waals surface area contributed by atoms with Crippen LogP contribution in [0, 0.1) is 5.82 Å². The van der Waals surface area contributed by atoms with Crippen molar-refractivity contribution in [3.05, 3.63) is 48.3 Å². The number of carbonyl (C=O) groups is 1. The van der Waals surface area contributed by atoms with Crippen LogP contribution in [0.5, 0.6) is 5.75 Å². The summed E-state index contributed by atoms with van der Waals surface area (Å²) in [6, 6.07) is 11.7. The number of nitrogens with zero attached hydrogens (tertiary/aromatic N) is 5. The zero-order chi connectivity index (χ0) is 20.2. The molecule has 148 valence electrons. The van der Waals surface area contributed by atoms with Crippen LogP contribution in [0.15, 0.2) is 47.6 Å². The normalized spacial score (nSPS) is 11.0. The number of fused-ring (bicyclic) bond motifs is 1. The number of tetrazole rings is 1. The number of rotatable bonds is 7. The lowest BCUT2D eigenvalue weighted by atomic mass is 10.3. The van der Waals surface area contributed by atoms with Crippen LogP contribution in [-0.4, -0.2) is 43.5 Å². The Morgan fingerprint density at radius 2 is 2.17 bits per heavy atom. The van der Waals surface area contributed by atoms with E-state index in [-0.39, 0.29) is 17.3 Å². The molecule has 0 radical (unpaired) electrons. The Balaban J connectivity index is 1.42. The first-order chi connectivity index (χ1) is 14.1. The Kier molecular flexibility index (Phi) is 5.67. The number of halogens is 1. The van der Waals surface area contributed by atoms with E-state index in [4.69, 9.17) is 4.74 Å². The van der Waals surface area contributed by atoms with E-state index in [1.807, 2.05) is 25.1 Å². The molecule has 0 saturated heterocycles. The maximum atomic E-state index is 14.0. The second-order valence-electron chi connectivity index (χ2n) is 5.74. The summed E-state index contributed by atoms with van der Waals surface area (Å²) in [7, 11) is 0. The molecule has 8 nitrogen and oxygen atoms in total. The monoisotopic (exact) mass is 430 g/mol. The summed E-state index contributed by atoms with van der Waals surface area (Å²) in [5.74, 6) is 0.0980. The van der Waals surface area contributed by atoms with E-state index in [1.54, 1.807) is 18.2 Å². The van der Waals surface area contributed by atoms with Gasteiger partial charge in [0.2, 0.25) is 11.1 Å². The standard InChI is InChI=1S/C18H15FN6O2S2/c1-2-27-11-7-8-13-15(9-11)29-17(20-13)21-16(26)10-28-18-22-23-24-25(18)14-6-4-3-5-12(14)19/h3-9H,2,10H2,1H3,(H,20,21,26). The van der Waals surface area contributed by atoms with Crippen molar-refractivity contribution in [1.29, 1.82) is 0 Å². The first-order valence-electron chi connectivity index (χ1n) is 8.63. The molecule has 11 heteroatoms. The number of para-hydroxylation sites is 1. The zero-order valence-corrected chi connectivity index (χ0v) is 16.8. The molecule has 1 amide bonds. The van der Waals surface area contributed by atoms with Gasteiger partial charge >= 0.3 is 0 Å². The minimum absolute atomic E-state index is 0.0505. The molecule has 0 aliphatic rings. The lowest BCUT2D eigenvalue weighted by molar-refractivity contribution is -0.113.